The van der Waals surface area contributed by atoms with Crippen LogP contribution in [-0.4, -0.2) is 47.9 Å². The Hall–Kier alpha value is -2.97. The topological polar surface area (TPSA) is 65.8 Å². The smallest absolute Gasteiger partial charge is 0.416 e. The highest BCUT2D eigenvalue weighted by atomic mass is 19.4. The number of nitrogens with zero attached hydrogens (tertiary/aromatic N) is 2. The normalized spacial score (nSPS) is 18.6. The summed E-state index contributed by atoms with van der Waals surface area (Å²) in [7, 11) is 0. The molecule has 1 aromatic heterocycles. The molecule has 0 atom stereocenters. The Balaban J connectivity index is 1.31. The average Bonchev–Trinajstić information content (AvgIpc) is 3.39. The lowest BCUT2D eigenvalue weighted by Crippen LogP contribution is -2.45. The number of piperidine rings is 1. The third kappa shape index (κ3) is 4.15. The number of hydrogen-bond acceptors (Lipinski definition) is 3. The molecule has 160 valence electrons. The summed E-state index contributed by atoms with van der Waals surface area (Å²) >= 11 is 0. The monoisotopic (exact) mass is 421 g/mol. The van der Waals surface area contributed by atoms with Crippen LogP contribution in [0.25, 0.3) is 0 Å². The van der Waals surface area contributed by atoms with Crippen LogP contribution >= 0.6 is 0 Å². The molecule has 6 nitrogen and oxygen atoms in total. The molecule has 30 heavy (non-hydrogen) atoms. The fourth-order valence-electron chi connectivity index (χ4n) is 4.20. The highest BCUT2D eigenvalue weighted by Gasteiger charge is 2.43. The molecule has 1 aromatic carbocycles. The minimum atomic E-state index is -4.41. The van der Waals surface area contributed by atoms with Crippen LogP contribution in [0.4, 0.5) is 23.7 Å². The van der Waals surface area contributed by atoms with Gasteiger partial charge in [0.2, 0.25) is 0 Å². The Bertz CT molecular complexity index is 902. The zero-order valence-electron chi connectivity index (χ0n) is 16.2. The van der Waals surface area contributed by atoms with Crippen LogP contribution in [0, 0.1) is 5.41 Å². The molecule has 0 unspecified atom stereocenters. The van der Waals surface area contributed by atoms with Crippen LogP contribution in [0.2, 0.25) is 0 Å². The number of alkyl halides is 3. The molecule has 1 spiro atoms. The number of benzene rings is 1. The first-order valence-corrected chi connectivity index (χ1v) is 9.82. The third-order valence-corrected chi connectivity index (χ3v) is 6.03. The Kier molecular flexibility index (Phi) is 5.21. The van der Waals surface area contributed by atoms with Gasteiger partial charge < -0.3 is 19.5 Å². The van der Waals surface area contributed by atoms with Crippen LogP contribution in [0.5, 0.6) is 0 Å². The molecular formula is C21H22F3N3O3. The lowest BCUT2D eigenvalue weighted by Gasteiger charge is -2.38. The number of halogens is 3. The van der Waals surface area contributed by atoms with Gasteiger partial charge >= 0.3 is 12.2 Å². The van der Waals surface area contributed by atoms with Gasteiger partial charge in [0, 0.05) is 31.9 Å². The van der Waals surface area contributed by atoms with E-state index in [1.165, 1.54) is 18.4 Å². The molecule has 3 heterocycles. The predicted molar refractivity (Wildman–Crippen MR) is 103 cm³/mol. The number of amides is 3. The summed E-state index contributed by atoms with van der Waals surface area (Å²) in [6.45, 7) is 2.36. The zero-order chi connectivity index (χ0) is 21.4. The van der Waals surface area contributed by atoms with Gasteiger partial charge in [0.1, 0.15) is 0 Å². The zero-order valence-corrected chi connectivity index (χ0v) is 16.2. The molecule has 2 fully saturated rings. The van der Waals surface area contributed by atoms with Gasteiger partial charge in [0.05, 0.1) is 11.8 Å². The van der Waals surface area contributed by atoms with Crippen LogP contribution in [-0.2, 0) is 6.18 Å². The van der Waals surface area contributed by atoms with E-state index in [-0.39, 0.29) is 17.4 Å². The number of furan rings is 1. The second-order valence-corrected chi connectivity index (χ2v) is 7.95. The number of hydrogen-bond donors (Lipinski definition) is 1. The maximum Gasteiger partial charge on any atom is 0.416 e. The van der Waals surface area contributed by atoms with Crippen LogP contribution in [0.3, 0.4) is 0 Å². The molecule has 2 aromatic rings. The summed E-state index contributed by atoms with van der Waals surface area (Å²) < 4.78 is 43.2. The number of urea groups is 1. The Morgan fingerprint density at radius 2 is 1.60 bits per heavy atom. The molecule has 0 radical (unpaired) electrons. The number of anilines is 1. The summed E-state index contributed by atoms with van der Waals surface area (Å²) in [6.07, 6.45) is -0.497. The van der Waals surface area contributed by atoms with Crippen molar-refractivity contribution in [1.82, 2.24) is 9.80 Å². The molecular weight excluding hydrogens is 399 g/mol. The number of carbonyl (C=O) groups excluding carboxylic acids is 2. The van der Waals surface area contributed by atoms with E-state index in [1.807, 2.05) is 0 Å². The number of likely N-dealkylation sites (tertiary alicyclic amines) is 2. The van der Waals surface area contributed by atoms with Crippen molar-refractivity contribution in [3.8, 4) is 0 Å². The van der Waals surface area contributed by atoms with Gasteiger partial charge in [-0.2, -0.15) is 13.2 Å². The van der Waals surface area contributed by atoms with Gasteiger partial charge in [-0.05, 0) is 61.1 Å². The van der Waals surface area contributed by atoms with E-state index < -0.39 is 11.7 Å². The summed E-state index contributed by atoms with van der Waals surface area (Å²) in [5, 5.41) is 2.67. The average molecular weight is 421 g/mol. The Morgan fingerprint density at radius 3 is 2.17 bits per heavy atom. The van der Waals surface area contributed by atoms with E-state index in [4.69, 9.17) is 4.42 Å². The first-order chi connectivity index (χ1) is 14.3. The summed E-state index contributed by atoms with van der Waals surface area (Å²) in [5.74, 6) is 0.208. The van der Waals surface area contributed by atoms with E-state index in [0.29, 0.717) is 37.6 Å². The molecule has 0 aliphatic carbocycles. The van der Waals surface area contributed by atoms with Gasteiger partial charge in [-0.1, -0.05) is 0 Å². The van der Waals surface area contributed by atoms with Crippen molar-refractivity contribution in [1.29, 1.82) is 0 Å². The first-order valence-electron chi connectivity index (χ1n) is 9.82. The molecule has 3 amide bonds. The summed E-state index contributed by atoms with van der Waals surface area (Å²) in [4.78, 5) is 28.4. The second-order valence-electron chi connectivity index (χ2n) is 7.95. The van der Waals surface area contributed by atoms with Crippen molar-refractivity contribution in [2.75, 3.05) is 31.5 Å². The quantitative estimate of drug-likeness (QED) is 0.779. The number of nitrogens with one attached hydrogen (secondary N) is 1. The molecule has 2 saturated heterocycles. The standard InChI is InChI=1S/C21H22F3N3O3/c22-21(23,24)15-3-5-16(6-4-15)25-19(29)27-12-9-20(14-27)7-10-26(11-8-20)18(28)17-2-1-13-30-17/h1-6,13H,7-12,14H2,(H,25,29). The van der Waals surface area contributed by atoms with Crippen molar-refractivity contribution in [3.63, 3.8) is 0 Å². The van der Waals surface area contributed by atoms with Crippen molar-refractivity contribution >= 4 is 17.6 Å². The van der Waals surface area contributed by atoms with Gasteiger partial charge in [-0.3, -0.25) is 4.79 Å². The van der Waals surface area contributed by atoms with Gasteiger partial charge in [0.15, 0.2) is 5.76 Å². The van der Waals surface area contributed by atoms with E-state index in [2.05, 4.69) is 5.32 Å². The van der Waals surface area contributed by atoms with E-state index in [1.54, 1.807) is 21.9 Å². The summed E-state index contributed by atoms with van der Waals surface area (Å²) in [6, 6.07) is 7.43. The Morgan fingerprint density at radius 1 is 0.967 bits per heavy atom. The second kappa shape index (κ2) is 7.70. The highest BCUT2D eigenvalue weighted by molar-refractivity contribution is 5.91. The van der Waals surface area contributed by atoms with E-state index in [9.17, 15) is 22.8 Å². The number of carbonyl (C=O) groups is 2. The minimum absolute atomic E-state index is 0.0303. The fraction of sp³-hybridized carbons (Fsp3) is 0.429. The molecule has 0 bridgehead atoms. The number of rotatable bonds is 2. The molecule has 1 N–H and O–H groups in total. The maximum atomic E-state index is 12.7. The third-order valence-electron chi connectivity index (χ3n) is 6.03. The molecule has 0 saturated carbocycles. The Labute approximate surface area is 171 Å². The lowest BCUT2D eigenvalue weighted by atomic mass is 9.78. The van der Waals surface area contributed by atoms with Gasteiger partial charge in [-0.25, -0.2) is 4.79 Å². The highest BCUT2D eigenvalue weighted by Crippen LogP contribution is 2.41. The van der Waals surface area contributed by atoms with Crippen molar-refractivity contribution in [2.45, 2.75) is 25.4 Å². The van der Waals surface area contributed by atoms with Crippen molar-refractivity contribution in [2.24, 2.45) is 5.41 Å². The van der Waals surface area contributed by atoms with Crippen LogP contribution in [0.1, 0.15) is 35.4 Å². The predicted octanol–water partition coefficient (Wildman–Crippen LogP) is 4.46. The van der Waals surface area contributed by atoms with Crippen LogP contribution < -0.4 is 5.32 Å². The van der Waals surface area contributed by atoms with Gasteiger partial charge in [-0.15, -0.1) is 0 Å². The van der Waals surface area contributed by atoms with Crippen molar-refractivity contribution in [3.05, 3.63) is 54.0 Å². The van der Waals surface area contributed by atoms with E-state index in [0.717, 1.165) is 31.4 Å². The summed E-state index contributed by atoms with van der Waals surface area (Å²) in [5.41, 5.74) is -0.457. The minimum Gasteiger partial charge on any atom is -0.459 e. The van der Waals surface area contributed by atoms with E-state index >= 15 is 0 Å². The van der Waals surface area contributed by atoms with Gasteiger partial charge in [0.25, 0.3) is 5.91 Å². The fourth-order valence-corrected chi connectivity index (χ4v) is 4.20. The maximum absolute atomic E-state index is 12.7. The molecule has 2 aliphatic rings. The molecule has 2 aliphatic heterocycles. The SMILES string of the molecule is O=C(Nc1ccc(C(F)(F)F)cc1)N1CCC2(CCN(C(=O)c3ccco3)CC2)C1. The van der Waals surface area contributed by atoms with Crippen molar-refractivity contribution < 1.29 is 27.2 Å². The van der Waals surface area contributed by atoms with Crippen LogP contribution in [0.15, 0.2) is 47.1 Å². The first kappa shape index (κ1) is 20.3. The molecule has 9 heteroatoms. The molecule has 4 rings (SSSR count). The lowest BCUT2D eigenvalue weighted by molar-refractivity contribution is -0.137. The largest absolute Gasteiger partial charge is 0.459 e.